The lowest BCUT2D eigenvalue weighted by Crippen LogP contribution is -2.53. The Morgan fingerprint density at radius 3 is 2.56 bits per heavy atom. The molecule has 2 fully saturated rings. The minimum Gasteiger partial charge on any atom is -0.466 e. The molecular weight excluding hydrogens is 326 g/mol. The third-order valence-corrected chi connectivity index (χ3v) is 4.44. The van der Waals surface area contributed by atoms with Crippen LogP contribution >= 0.6 is 0 Å². The van der Waals surface area contributed by atoms with Crippen LogP contribution in [0.4, 0.5) is 15.3 Å². The Morgan fingerprint density at radius 1 is 1.20 bits per heavy atom. The summed E-state index contributed by atoms with van der Waals surface area (Å²) in [4.78, 5) is 39.5. The number of carbonyl (C=O) groups excluding carboxylic acids is 2. The van der Waals surface area contributed by atoms with Crippen LogP contribution in [-0.4, -0.2) is 72.3 Å². The molecule has 1 N–H and O–H groups in total. The number of benzene rings is 1. The van der Waals surface area contributed by atoms with Crippen molar-refractivity contribution in [1.82, 2.24) is 9.80 Å². The molecule has 0 aliphatic carbocycles. The zero-order chi connectivity index (χ0) is 18.0. The van der Waals surface area contributed by atoms with E-state index in [0.717, 1.165) is 11.3 Å². The van der Waals surface area contributed by atoms with Gasteiger partial charge in [-0.3, -0.25) is 4.90 Å². The summed E-state index contributed by atoms with van der Waals surface area (Å²) < 4.78 is 4.54. The number of nitrogens with zero attached hydrogens (tertiary/aromatic N) is 3. The Hall–Kier alpha value is -3.03. The third kappa shape index (κ3) is 3.42. The first-order valence-electron chi connectivity index (χ1n) is 7.91. The topological polar surface area (TPSA) is 90.4 Å². The highest BCUT2D eigenvalue weighted by atomic mass is 16.5. The number of rotatable bonds is 3. The van der Waals surface area contributed by atoms with Gasteiger partial charge >= 0.3 is 18.1 Å². The standard InChI is InChI=1S/C17H19N3O5/c1-25-15(21)7-4-12-2-5-13(6-3-12)20-11-14-10-18(17(23)24)8-9-19(14)16(20)22/h2-7,14H,8-11H2,1H3,(H,23,24). The number of methoxy groups -OCH3 is 1. The Balaban J connectivity index is 1.70. The fourth-order valence-corrected chi connectivity index (χ4v) is 3.09. The summed E-state index contributed by atoms with van der Waals surface area (Å²) in [6, 6.07) is 7.00. The molecule has 1 aromatic rings. The maximum Gasteiger partial charge on any atom is 0.407 e. The molecule has 0 spiro atoms. The quantitative estimate of drug-likeness (QED) is 0.662. The molecule has 0 saturated carbocycles. The van der Waals surface area contributed by atoms with E-state index < -0.39 is 12.1 Å². The molecule has 0 aromatic heterocycles. The molecule has 2 saturated heterocycles. The maximum absolute atomic E-state index is 12.6. The minimum atomic E-state index is -0.952. The number of anilines is 1. The summed E-state index contributed by atoms with van der Waals surface area (Å²) in [6.07, 6.45) is 2.01. The number of hydrogen-bond acceptors (Lipinski definition) is 4. The van der Waals surface area contributed by atoms with E-state index in [-0.39, 0.29) is 12.1 Å². The zero-order valence-electron chi connectivity index (χ0n) is 13.8. The molecule has 1 unspecified atom stereocenters. The first-order chi connectivity index (χ1) is 12.0. The highest BCUT2D eigenvalue weighted by molar-refractivity contribution is 5.95. The smallest absolute Gasteiger partial charge is 0.407 e. The minimum absolute atomic E-state index is 0.104. The normalized spacial score (nSPS) is 20.1. The van der Waals surface area contributed by atoms with Gasteiger partial charge in [-0.15, -0.1) is 0 Å². The molecule has 2 aliphatic rings. The van der Waals surface area contributed by atoms with Gasteiger partial charge in [0.15, 0.2) is 0 Å². The monoisotopic (exact) mass is 345 g/mol. The van der Waals surface area contributed by atoms with Crippen molar-refractivity contribution in [2.24, 2.45) is 0 Å². The number of ether oxygens (including phenoxy) is 1. The first kappa shape index (κ1) is 16.8. The maximum atomic E-state index is 12.6. The van der Waals surface area contributed by atoms with Gasteiger partial charge in [0.1, 0.15) is 0 Å². The van der Waals surface area contributed by atoms with E-state index in [0.29, 0.717) is 26.2 Å². The van der Waals surface area contributed by atoms with Crippen molar-refractivity contribution >= 4 is 29.9 Å². The average molecular weight is 345 g/mol. The molecular formula is C17H19N3O5. The van der Waals surface area contributed by atoms with Crippen LogP contribution in [0.5, 0.6) is 0 Å². The van der Waals surface area contributed by atoms with Crippen LogP contribution < -0.4 is 4.90 Å². The van der Waals surface area contributed by atoms with Crippen molar-refractivity contribution in [3.63, 3.8) is 0 Å². The van der Waals surface area contributed by atoms with E-state index in [1.807, 2.05) is 24.3 Å². The molecule has 0 bridgehead atoms. The van der Waals surface area contributed by atoms with Crippen molar-refractivity contribution in [2.45, 2.75) is 6.04 Å². The van der Waals surface area contributed by atoms with Gasteiger partial charge in [0.05, 0.1) is 13.2 Å². The van der Waals surface area contributed by atoms with Crippen LogP contribution in [0.1, 0.15) is 5.56 Å². The van der Waals surface area contributed by atoms with Gasteiger partial charge in [0.2, 0.25) is 0 Å². The second kappa shape index (κ2) is 6.84. The van der Waals surface area contributed by atoms with Gasteiger partial charge in [0, 0.05) is 37.9 Å². The molecule has 1 aromatic carbocycles. The Labute approximate surface area is 144 Å². The van der Waals surface area contributed by atoms with Gasteiger partial charge in [-0.2, -0.15) is 0 Å². The van der Waals surface area contributed by atoms with E-state index in [2.05, 4.69) is 4.74 Å². The van der Waals surface area contributed by atoms with Gasteiger partial charge in [-0.1, -0.05) is 12.1 Å². The SMILES string of the molecule is COC(=O)C=Cc1ccc(N2CC3CN(C(=O)O)CCN3C2=O)cc1. The lowest BCUT2D eigenvalue weighted by atomic mass is 10.1. The zero-order valence-corrected chi connectivity index (χ0v) is 13.8. The summed E-state index contributed by atoms with van der Waals surface area (Å²) in [5.41, 5.74) is 1.56. The highest BCUT2D eigenvalue weighted by Crippen LogP contribution is 2.26. The van der Waals surface area contributed by atoms with Gasteiger partial charge in [-0.05, 0) is 23.8 Å². The van der Waals surface area contributed by atoms with E-state index in [9.17, 15) is 14.4 Å². The number of carbonyl (C=O) groups is 3. The summed E-state index contributed by atoms with van der Waals surface area (Å²) >= 11 is 0. The highest BCUT2D eigenvalue weighted by Gasteiger charge is 2.42. The van der Waals surface area contributed by atoms with Gasteiger partial charge in [-0.25, -0.2) is 14.4 Å². The Kier molecular flexibility index (Phi) is 4.60. The van der Waals surface area contributed by atoms with Crippen LogP contribution in [0.3, 0.4) is 0 Å². The van der Waals surface area contributed by atoms with E-state index in [4.69, 9.17) is 5.11 Å². The van der Waals surface area contributed by atoms with Crippen LogP contribution in [0, 0.1) is 0 Å². The molecule has 25 heavy (non-hydrogen) atoms. The van der Waals surface area contributed by atoms with Crippen molar-refractivity contribution in [2.75, 3.05) is 38.2 Å². The van der Waals surface area contributed by atoms with Crippen molar-refractivity contribution in [1.29, 1.82) is 0 Å². The third-order valence-electron chi connectivity index (χ3n) is 4.44. The fourth-order valence-electron chi connectivity index (χ4n) is 3.09. The number of esters is 1. The number of hydrogen-bond donors (Lipinski definition) is 1. The predicted molar refractivity (Wildman–Crippen MR) is 90.3 cm³/mol. The van der Waals surface area contributed by atoms with E-state index >= 15 is 0 Å². The summed E-state index contributed by atoms with van der Waals surface area (Å²) in [7, 11) is 1.31. The van der Waals surface area contributed by atoms with Crippen LogP contribution in [-0.2, 0) is 9.53 Å². The molecule has 132 valence electrons. The molecule has 3 rings (SSSR count). The van der Waals surface area contributed by atoms with E-state index in [1.54, 1.807) is 15.9 Å². The number of piperazine rings is 1. The molecule has 0 radical (unpaired) electrons. The first-order valence-corrected chi connectivity index (χ1v) is 7.91. The number of carboxylic acid groups (broad SMARTS) is 1. The average Bonchev–Trinajstić information content (AvgIpc) is 2.96. The second-order valence-corrected chi connectivity index (χ2v) is 5.92. The number of fused-ring (bicyclic) bond motifs is 1. The lowest BCUT2D eigenvalue weighted by Gasteiger charge is -2.34. The fraction of sp³-hybridized carbons (Fsp3) is 0.353. The van der Waals surface area contributed by atoms with Crippen molar-refractivity contribution < 1.29 is 24.2 Å². The largest absolute Gasteiger partial charge is 0.466 e. The lowest BCUT2D eigenvalue weighted by molar-refractivity contribution is -0.134. The van der Waals surface area contributed by atoms with Crippen molar-refractivity contribution in [3.8, 4) is 0 Å². The Morgan fingerprint density at radius 2 is 1.92 bits per heavy atom. The van der Waals surface area contributed by atoms with Gasteiger partial charge < -0.3 is 19.6 Å². The molecule has 8 heteroatoms. The van der Waals surface area contributed by atoms with Crippen molar-refractivity contribution in [3.05, 3.63) is 35.9 Å². The van der Waals surface area contributed by atoms with Crippen LogP contribution in [0.25, 0.3) is 6.08 Å². The number of amides is 3. The molecule has 1 atom stereocenters. The van der Waals surface area contributed by atoms with Crippen LogP contribution in [0.15, 0.2) is 30.3 Å². The summed E-state index contributed by atoms with van der Waals surface area (Å²) in [5, 5.41) is 9.11. The molecule has 3 amide bonds. The second-order valence-electron chi connectivity index (χ2n) is 5.92. The van der Waals surface area contributed by atoms with E-state index in [1.165, 1.54) is 18.1 Å². The van der Waals surface area contributed by atoms with Crippen LogP contribution in [0.2, 0.25) is 0 Å². The molecule has 8 nitrogen and oxygen atoms in total. The number of urea groups is 1. The molecule has 2 aliphatic heterocycles. The van der Waals surface area contributed by atoms with Gasteiger partial charge in [0.25, 0.3) is 0 Å². The summed E-state index contributed by atoms with van der Waals surface area (Å²) in [6.45, 7) is 1.53. The Bertz CT molecular complexity index is 715. The predicted octanol–water partition coefficient (Wildman–Crippen LogP) is 1.48. The summed E-state index contributed by atoms with van der Waals surface area (Å²) in [5.74, 6) is -0.432. The molecule has 2 heterocycles.